The standard InChI is InChI=1S/C12H15N3O2.C2H6/c1-12(2,3)17-11(16)15-10-5-4-9(13)6-8(10)7-14-15;1-2/h4-7H,13H2,1-3H3;1-2H3. The Kier molecular flexibility index (Phi) is 4.53. The zero-order valence-corrected chi connectivity index (χ0v) is 12.1. The molecule has 104 valence electrons. The summed E-state index contributed by atoms with van der Waals surface area (Å²) in [6, 6.07) is 5.25. The van der Waals surface area contributed by atoms with Crippen LogP contribution >= 0.6 is 0 Å². The molecule has 0 radical (unpaired) electrons. The molecule has 2 N–H and O–H groups in total. The zero-order chi connectivity index (χ0) is 14.6. The van der Waals surface area contributed by atoms with Gasteiger partial charge in [-0.05, 0) is 39.0 Å². The molecule has 1 aromatic carbocycles. The van der Waals surface area contributed by atoms with Gasteiger partial charge in [0.15, 0.2) is 0 Å². The molecule has 19 heavy (non-hydrogen) atoms. The summed E-state index contributed by atoms with van der Waals surface area (Å²) in [5.41, 5.74) is 6.45. The second kappa shape index (κ2) is 5.73. The number of rotatable bonds is 0. The molecule has 0 spiro atoms. The summed E-state index contributed by atoms with van der Waals surface area (Å²) in [7, 11) is 0. The number of nitrogen functional groups attached to an aromatic ring is 1. The van der Waals surface area contributed by atoms with Crippen LogP contribution in [0.4, 0.5) is 10.5 Å². The van der Waals surface area contributed by atoms with Crippen LogP contribution in [-0.2, 0) is 4.74 Å². The predicted molar refractivity (Wildman–Crippen MR) is 77.1 cm³/mol. The molecule has 0 fully saturated rings. The molecule has 0 amide bonds. The molecule has 1 heterocycles. The molecule has 0 aliphatic carbocycles. The molecule has 0 bridgehead atoms. The third kappa shape index (κ3) is 3.71. The van der Waals surface area contributed by atoms with Gasteiger partial charge in [0.2, 0.25) is 0 Å². The lowest BCUT2D eigenvalue weighted by Crippen LogP contribution is -2.27. The first-order valence-corrected chi connectivity index (χ1v) is 6.33. The van der Waals surface area contributed by atoms with Crippen molar-refractivity contribution in [3.05, 3.63) is 24.4 Å². The Hall–Kier alpha value is -2.04. The van der Waals surface area contributed by atoms with Crippen LogP contribution in [0.5, 0.6) is 0 Å². The van der Waals surface area contributed by atoms with Crippen molar-refractivity contribution < 1.29 is 9.53 Å². The van der Waals surface area contributed by atoms with E-state index in [1.165, 1.54) is 4.68 Å². The smallest absolute Gasteiger partial charge is 0.435 e. The van der Waals surface area contributed by atoms with Gasteiger partial charge in [-0.25, -0.2) is 4.79 Å². The van der Waals surface area contributed by atoms with Gasteiger partial charge in [0, 0.05) is 11.1 Å². The average molecular weight is 263 g/mol. The van der Waals surface area contributed by atoms with E-state index >= 15 is 0 Å². The Balaban J connectivity index is 0.000000861. The summed E-state index contributed by atoms with van der Waals surface area (Å²) in [6.07, 6.45) is 1.10. The van der Waals surface area contributed by atoms with Gasteiger partial charge in [0.05, 0.1) is 11.7 Å². The lowest BCUT2D eigenvalue weighted by Gasteiger charge is -2.19. The lowest BCUT2D eigenvalue weighted by atomic mass is 10.2. The first kappa shape index (κ1) is 15.0. The van der Waals surface area contributed by atoms with E-state index in [1.54, 1.807) is 24.4 Å². The number of anilines is 1. The topological polar surface area (TPSA) is 70.1 Å². The van der Waals surface area contributed by atoms with Gasteiger partial charge < -0.3 is 10.5 Å². The molecule has 0 aliphatic rings. The summed E-state index contributed by atoms with van der Waals surface area (Å²) in [5.74, 6) is 0. The summed E-state index contributed by atoms with van der Waals surface area (Å²) < 4.78 is 6.49. The quantitative estimate of drug-likeness (QED) is 0.739. The van der Waals surface area contributed by atoms with Crippen LogP contribution in [0.15, 0.2) is 24.4 Å². The third-order valence-electron chi connectivity index (χ3n) is 2.16. The number of nitrogens with zero attached hydrogens (tertiary/aromatic N) is 2. The van der Waals surface area contributed by atoms with Crippen LogP contribution in [0.1, 0.15) is 34.6 Å². The summed E-state index contributed by atoms with van der Waals surface area (Å²) in [6.45, 7) is 9.44. The van der Waals surface area contributed by atoms with E-state index in [-0.39, 0.29) is 0 Å². The van der Waals surface area contributed by atoms with Crippen LogP contribution in [0.25, 0.3) is 10.9 Å². The SMILES string of the molecule is CC.CC(C)(C)OC(=O)n1ncc2cc(N)ccc21. The highest BCUT2D eigenvalue weighted by molar-refractivity contribution is 5.89. The fourth-order valence-electron chi connectivity index (χ4n) is 1.50. The molecule has 0 saturated heterocycles. The average Bonchev–Trinajstić information content (AvgIpc) is 2.72. The Morgan fingerprint density at radius 2 is 1.95 bits per heavy atom. The highest BCUT2D eigenvalue weighted by Crippen LogP contribution is 2.18. The molecule has 5 heteroatoms. The normalized spacial score (nSPS) is 10.8. The fraction of sp³-hybridized carbons (Fsp3) is 0.429. The van der Waals surface area contributed by atoms with E-state index in [9.17, 15) is 4.79 Å². The maximum atomic E-state index is 11.9. The van der Waals surface area contributed by atoms with E-state index in [4.69, 9.17) is 10.5 Å². The first-order chi connectivity index (χ1) is 8.87. The van der Waals surface area contributed by atoms with Gasteiger partial charge >= 0.3 is 6.09 Å². The molecule has 0 atom stereocenters. The first-order valence-electron chi connectivity index (χ1n) is 6.33. The van der Waals surface area contributed by atoms with E-state index in [1.807, 2.05) is 34.6 Å². The highest BCUT2D eigenvalue weighted by atomic mass is 16.6. The fourth-order valence-corrected chi connectivity index (χ4v) is 1.50. The third-order valence-corrected chi connectivity index (χ3v) is 2.16. The van der Waals surface area contributed by atoms with Crippen molar-refractivity contribution in [2.45, 2.75) is 40.2 Å². The second-order valence-electron chi connectivity index (χ2n) is 4.85. The molecular formula is C14H21N3O2. The van der Waals surface area contributed by atoms with E-state index in [2.05, 4.69) is 5.10 Å². The summed E-state index contributed by atoms with van der Waals surface area (Å²) >= 11 is 0. The largest absolute Gasteiger partial charge is 0.442 e. The number of carbonyl (C=O) groups is 1. The van der Waals surface area contributed by atoms with Crippen molar-refractivity contribution in [2.75, 3.05) is 5.73 Å². The molecule has 2 rings (SSSR count). The van der Waals surface area contributed by atoms with Crippen molar-refractivity contribution in [3.8, 4) is 0 Å². The van der Waals surface area contributed by atoms with Crippen molar-refractivity contribution >= 4 is 22.7 Å². The Morgan fingerprint density at radius 1 is 1.32 bits per heavy atom. The lowest BCUT2D eigenvalue weighted by molar-refractivity contribution is 0.0523. The van der Waals surface area contributed by atoms with Crippen molar-refractivity contribution in [2.24, 2.45) is 0 Å². The minimum Gasteiger partial charge on any atom is -0.442 e. The highest BCUT2D eigenvalue weighted by Gasteiger charge is 2.19. The number of hydrogen-bond acceptors (Lipinski definition) is 4. The van der Waals surface area contributed by atoms with E-state index < -0.39 is 11.7 Å². The number of nitrogens with two attached hydrogens (primary N) is 1. The summed E-state index contributed by atoms with van der Waals surface area (Å²) in [4.78, 5) is 11.9. The number of aromatic nitrogens is 2. The Labute approximate surface area is 113 Å². The van der Waals surface area contributed by atoms with Crippen molar-refractivity contribution in [1.82, 2.24) is 9.78 Å². The predicted octanol–water partition coefficient (Wildman–Crippen LogP) is 3.43. The van der Waals surface area contributed by atoms with Crippen LogP contribution in [0, 0.1) is 0 Å². The Bertz CT molecular complexity index is 568. The minimum atomic E-state index is -0.539. The second-order valence-corrected chi connectivity index (χ2v) is 4.85. The van der Waals surface area contributed by atoms with Gasteiger partial charge in [-0.15, -0.1) is 0 Å². The molecule has 5 nitrogen and oxygen atoms in total. The molecule has 0 saturated carbocycles. The van der Waals surface area contributed by atoms with E-state index in [0.29, 0.717) is 11.2 Å². The zero-order valence-electron chi connectivity index (χ0n) is 12.1. The molecule has 2 aromatic rings. The van der Waals surface area contributed by atoms with Crippen LogP contribution in [-0.4, -0.2) is 21.5 Å². The van der Waals surface area contributed by atoms with Gasteiger partial charge in [-0.2, -0.15) is 9.78 Å². The molecular weight excluding hydrogens is 242 g/mol. The maximum absolute atomic E-state index is 11.9. The van der Waals surface area contributed by atoms with Crippen LogP contribution < -0.4 is 5.73 Å². The van der Waals surface area contributed by atoms with Gasteiger partial charge in [0.25, 0.3) is 0 Å². The van der Waals surface area contributed by atoms with Crippen LogP contribution in [0.3, 0.4) is 0 Å². The summed E-state index contributed by atoms with van der Waals surface area (Å²) in [5, 5.41) is 4.82. The van der Waals surface area contributed by atoms with Crippen LogP contribution in [0.2, 0.25) is 0 Å². The molecule has 1 aromatic heterocycles. The number of carbonyl (C=O) groups excluding carboxylic acids is 1. The number of ether oxygens (including phenoxy) is 1. The van der Waals surface area contributed by atoms with Crippen molar-refractivity contribution in [3.63, 3.8) is 0 Å². The minimum absolute atomic E-state index is 0.489. The number of hydrogen-bond donors (Lipinski definition) is 1. The molecule has 0 aliphatic heterocycles. The van der Waals surface area contributed by atoms with Gasteiger partial charge in [-0.1, -0.05) is 13.8 Å². The maximum Gasteiger partial charge on any atom is 0.435 e. The number of benzene rings is 1. The van der Waals surface area contributed by atoms with Crippen molar-refractivity contribution in [1.29, 1.82) is 0 Å². The monoisotopic (exact) mass is 263 g/mol. The number of fused-ring (bicyclic) bond motifs is 1. The van der Waals surface area contributed by atoms with Gasteiger partial charge in [-0.3, -0.25) is 0 Å². The van der Waals surface area contributed by atoms with E-state index in [0.717, 1.165) is 5.39 Å². The Morgan fingerprint density at radius 3 is 2.53 bits per heavy atom. The van der Waals surface area contributed by atoms with Gasteiger partial charge in [0.1, 0.15) is 5.60 Å². The molecule has 0 unspecified atom stereocenters.